The summed E-state index contributed by atoms with van der Waals surface area (Å²) in [6, 6.07) is 18.5. The number of carbonyl (C=O) groups excluding carboxylic acids is 2. The average Bonchev–Trinajstić information content (AvgIpc) is 2.82. The van der Waals surface area contributed by atoms with Crippen LogP contribution in [0.5, 0.6) is 11.5 Å². The van der Waals surface area contributed by atoms with E-state index in [1.807, 2.05) is 13.0 Å². The fraction of sp³-hybridized carbons (Fsp3) is 0.231. The van der Waals surface area contributed by atoms with Gasteiger partial charge >= 0.3 is 6.09 Å². The summed E-state index contributed by atoms with van der Waals surface area (Å²) in [6.07, 6.45) is 0.555. The molecule has 1 heterocycles. The van der Waals surface area contributed by atoms with Crippen LogP contribution in [0.1, 0.15) is 13.8 Å². The third-order valence-electron chi connectivity index (χ3n) is 5.86. The Kier molecular flexibility index (Phi) is 6.53. The molecule has 0 aliphatic carbocycles. The first kappa shape index (κ1) is 24.3. The van der Waals surface area contributed by atoms with E-state index in [0.717, 1.165) is 17.4 Å². The van der Waals surface area contributed by atoms with Crippen LogP contribution in [0.25, 0.3) is 11.1 Å². The number of methoxy groups -OCH3 is 1. The van der Waals surface area contributed by atoms with E-state index in [0.29, 0.717) is 17.1 Å². The molecular weight excluding hydrogens is 468 g/mol. The molecule has 0 N–H and O–H groups in total. The zero-order valence-electron chi connectivity index (χ0n) is 19.9. The molecule has 0 spiro atoms. The Hall–Kier alpha value is -3.85. The second-order valence-electron chi connectivity index (χ2n) is 8.37. The van der Waals surface area contributed by atoms with Gasteiger partial charge in [-0.25, -0.2) is 13.2 Å². The van der Waals surface area contributed by atoms with Crippen molar-refractivity contribution in [3.8, 4) is 22.6 Å². The van der Waals surface area contributed by atoms with Gasteiger partial charge in [-0.1, -0.05) is 30.3 Å². The van der Waals surface area contributed by atoms with Crippen LogP contribution >= 0.6 is 0 Å². The maximum absolute atomic E-state index is 13.3. The zero-order valence-corrected chi connectivity index (χ0v) is 20.7. The number of rotatable bonds is 4. The number of carbonyl (C=O) groups is 2. The molecule has 8 nitrogen and oxygen atoms in total. The van der Waals surface area contributed by atoms with E-state index in [1.54, 1.807) is 65.6 Å². The van der Waals surface area contributed by atoms with E-state index in [9.17, 15) is 18.0 Å². The average molecular weight is 495 g/mol. The number of hydrogen-bond donors (Lipinski definition) is 0. The van der Waals surface area contributed by atoms with Crippen molar-refractivity contribution in [2.75, 3.05) is 29.7 Å². The van der Waals surface area contributed by atoms with Crippen molar-refractivity contribution >= 4 is 33.2 Å². The van der Waals surface area contributed by atoms with Gasteiger partial charge in [0.25, 0.3) is 0 Å². The van der Waals surface area contributed by atoms with Crippen molar-refractivity contribution < 1.29 is 27.5 Å². The van der Waals surface area contributed by atoms with Crippen LogP contribution in [0.3, 0.4) is 0 Å². The molecule has 2 amide bonds. The van der Waals surface area contributed by atoms with Gasteiger partial charge in [-0.2, -0.15) is 0 Å². The fourth-order valence-electron chi connectivity index (χ4n) is 4.20. The molecule has 0 saturated heterocycles. The van der Waals surface area contributed by atoms with E-state index >= 15 is 0 Å². The molecule has 0 bridgehead atoms. The van der Waals surface area contributed by atoms with E-state index < -0.39 is 15.9 Å². The van der Waals surface area contributed by atoms with Gasteiger partial charge in [0.15, 0.2) is 21.3 Å². The highest BCUT2D eigenvalue weighted by molar-refractivity contribution is 7.90. The van der Waals surface area contributed by atoms with Gasteiger partial charge in [0.05, 0.1) is 29.4 Å². The Morgan fingerprint density at radius 1 is 0.914 bits per heavy atom. The second-order valence-corrected chi connectivity index (χ2v) is 10.4. The van der Waals surface area contributed by atoms with Crippen LogP contribution in [-0.4, -0.2) is 46.4 Å². The summed E-state index contributed by atoms with van der Waals surface area (Å²) < 4.78 is 34.6. The van der Waals surface area contributed by atoms with Crippen molar-refractivity contribution in [2.45, 2.75) is 24.8 Å². The summed E-state index contributed by atoms with van der Waals surface area (Å²) in [6.45, 7) is 3.59. The molecule has 0 unspecified atom stereocenters. The van der Waals surface area contributed by atoms with Crippen LogP contribution in [0.15, 0.2) is 71.6 Å². The summed E-state index contributed by atoms with van der Waals surface area (Å²) in [7, 11) is -1.82. The highest BCUT2D eigenvalue weighted by Gasteiger charge is 2.35. The van der Waals surface area contributed by atoms with E-state index in [1.165, 1.54) is 18.9 Å². The summed E-state index contributed by atoms with van der Waals surface area (Å²) in [4.78, 5) is 29.1. The summed E-state index contributed by atoms with van der Waals surface area (Å²) >= 11 is 0. The smallest absolute Gasteiger partial charge is 0.420 e. The van der Waals surface area contributed by atoms with Crippen molar-refractivity contribution in [1.29, 1.82) is 0 Å². The number of ether oxygens (including phenoxy) is 2. The maximum atomic E-state index is 13.3. The lowest BCUT2D eigenvalue weighted by molar-refractivity contribution is -0.117. The molecule has 35 heavy (non-hydrogen) atoms. The number of amides is 2. The number of anilines is 2. The Labute approximate surface area is 204 Å². The predicted octanol–water partition coefficient (Wildman–Crippen LogP) is 4.53. The van der Waals surface area contributed by atoms with Crippen molar-refractivity contribution in [2.24, 2.45) is 0 Å². The van der Waals surface area contributed by atoms with E-state index in [4.69, 9.17) is 9.47 Å². The molecule has 9 heteroatoms. The predicted molar refractivity (Wildman–Crippen MR) is 134 cm³/mol. The lowest BCUT2D eigenvalue weighted by Gasteiger charge is -2.40. The molecular formula is C26H26N2O6S. The number of benzene rings is 3. The molecule has 1 aliphatic rings. The Bertz CT molecular complexity index is 1390. The molecule has 4 rings (SSSR count). The third kappa shape index (κ3) is 4.85. The molecule has 0 aromatic heterocycles. The van der Waals surface area contributed by atoms with Crippen molar-refractivity contribution in [3.05, 3.63) is 66.7 Å². The SMILES string of the molecule is COc1ccccc1OC(=O)N1C[C@H](C)N(C(C)=O)c2ccc(-c3ccc(S(C)(=O)=O)cc3)cc21. The molecule has 3 aromatic rings. The van der Waals surface area contributed by atoms with Crippen molar-refractivity contribution in [3.63, 3.8) is 0 Å². The topological polar surface area (TPSA) is 93.2 Å². The Balaban J connectivity index is 1.76. The molecule has 3 aromatic carbocycles. The molecule has 182 valence electrons. The standard InChI is InChI=1S/C26H26N2O6S/c1-17-16-27(26(30)34-25-8-6-5-7-24(25)33-3)23-15-20(11-14-22(23)28(17)18(2)29)19-9-12-21(13-10-19)35(4,31)32/h5-15,17H,16H2,1-4H3/t17-/m0/s1. The summed E-state index contributed by atoms with van der Waals surface area (Å²) in [5.74, 6) is 0.577. The van der Waals surface area contributed by atoms with Crippen LogP contribution < -0.4 is 19.3 Å². The Morgan fingerprint density at radius 3 is 2.14 bits per heavy atom. The summed E-state index contributed by atoms with van der Waals surface area (Å²) in [5, 5.41) is 0. The van der Waals surface area contributed by atoms with Gasteiger partial charge in [0, 0.05) is 19.7 Å². The highest BCUT2D eigenvalue weighted by Crippen LogP contribution is 2.40. The zero-order chi connectivity index (χ0) is 25.3. The van der Waals surface area contributed by atoms with Gasteiger partial charge in [0.2, 0.25) is 5.91 Å². The van der Waals surface area contributed by atoms with Gasteiger partial charge in [-0.05, 0) is 54.4 Å². The first-order valence-corrected chi connectivity index (χ1v) is 12.9. The number of para-hydroxylation sites is 2. The minimum Gasteiger partial charge on any atom is -0.493 e. The quantitative estimate of drug-likeness (QED) is 0.529. The monoisotopic (exact) mass is 494 g/mol. The largest absolute Gasteiger partial charge is 0.493 e. The normalized spacial score (nSPS) is 15.4. The number of sulfone groups is 1. The fourth-order valence-corrected chi connectivity index (χ4v) is 4.83. The minimum atomic E-state index is -3.32. The van der Waals surface area contributed by atoms with Gasteiger partial charge in [-0.15, -0.1) is 0 Å². The van der Waals surface area contributed by atoms with Gasteiger partial charge < -0.3 is 14.4 Å². The molecule has 1 atom stereocenters. The molecule has 0 saturated carbocycles. The number of nitrogens with zero attached hydrogens (tertiary/aromatic N) is 2. The first-order chi connectivity index (χ1) is 16.6. The molecule has 1 aliphatic heterocycles. The first-order valence-electron chi connectivity index (χ1n) is 11.0. The van der Waals surface area contributed by atoms with Gasteiger partial charge in [-0.3, -0.25) is 9.69 Å². The van der Waals surface area contributed by atoms with Gasteiger partial charge in [0.1, 0.15) is 0 Å². The second kappa shape index (κ2) is 9.42. The lowest BCUT2D eigenvalue weighted by Crippen LogP contribution is -2.52. The lowest BCUT2D eigenvalue weighted by atomic mass is 10.0. The number of fused-ring (bicyclic) bond motifs is 1. The summed E-state index contributed by atoms with van der Waals surface area (Å²) in [5.41, 5.74) is 2.64. The minimum absolute atomic E-state index is 0.137. The molecule has 0 fully saturated rings. The van der Waals surface area contributed by atoms with Crippen LogP contribution in [0.4, 0.5) is 16.2 Å². The Morgan fingerprint density at radius 2 is 1.54 bits per heavy atom. The van der Waals surface area contributed by atoms with Crippen LogP contribution in [0.2, 0.25) is 0 Å². The van der Waals surface area contributed by atoms with Crippen molar-refractivity contribution in [1.82, 2.24) is 0 Å². The van der Waals surface area contributed by atoms with E-state index in [2.05, 4.69) is 0 Å². The molecule has 0 radical (unpaired) electrons. The van der Waals surface area contributed by atoms with Crippen LogP contribution in [-0.2, 0) is 14.6 Å². The van der Waals surface area contributed by atoms with E-state index in [-0.39, 0.29) is 29.1 Å². The number of hydrogen-bond acceptors (Lipinski definition) is 6. The highest BCUT2D eigenvalue weighted by atomic mass is 32.2. The van der Waals surface area contributed by atoms with Crippen LogP contribution in [0, 0.1) is 0 Å². The maximum Gasteiger partial charge on any atom is 0.420 e. The third-order valence-corrected chi connectivity index (χ3v) is 6.98.